The number of hydrogen-bond acceptors (Lipinski definition) is 5. The van der Waals surface area contributed by atoms with Gasteiger partial charge < -0.3 is 9.30 Å². The Labute approximate surface area is 254 Å². The molecule has 1 heterocycles. The zero-order chi connectivity index (χ0) is 29.9. The molecule has 12 heteroatoms. The number of methoxy groups -OCH3 is 1. The summed E-state index contributed by atoms with van der Waals surface area (Å²) in [6.45, 7) is 5.10. The quantitative estimate of drug-likeness (QED) is 0.164. The van der Waals surface area contributed by atoms with Crippen LogP contribution in [0, 0.1) is 20.8 Å². The molecule has 1 aromatic heterocycles. The Morgan fingerprint density at radius 3 is 2.37 bits per heavy atom. The normalized spacial score (nSPS) is 11.6. The number of aryl methyl sites for hydroxylation is 2. The summed E-state index contributed by atoms with van der Waals surface area (Å²) in [6.07, 6.45) is 1.48. The van der Waals surface area contributed by atoms with Crippen LogP contribution in [0.15, 0.2) is 76.7 Å². The van der Waals surface area contributed by atoms with E-state index in [1.807, 2.05) is 43.5 Å². The fraction of sp³-hybridized carbons (Fsp3) is 0.172. The number of nitrogens with one attached hydrogen (secondary N) is 1. The van der Waals surface area contributed by atoms with Gasteiger partial charge in [-0.25, -0.2) is 13.8 Å². The number of aromatic nitrogens is 1. The van der Waals surface area contributed by atoms with Crippen LogP contribution in [0.5, 0.6) is 5.75 Å². The minimum absolute atomic E-state index is 0.0263. The van der Waals surface area contributed by atoms with E-state index in [0.29, 0.717) is 21.5 Å². The zero-order valence-electron chi connectivity index (χ0n) is 22.7. The van der Waals surface area contributed by atoms with Crippen LogP contribution in [0.25, 0.3) is 5.69 Å². The molecule has 0 radical (unpaired) electrons. The third-order valence-electron chi connectivity index (χ3n) is 6.35. The number of carbonyl (C=O) groups excluding carboxylic acids is 1. The van der Waals surface area contributed by atoms with E-state index in [1.165, 1.54) is 43.7 Å². The van der Waals surface area contributed by atoms with E-state index in [4.69, 9.17) is 39.5 Å². The second-order valence-corrected chi connectivity index (χ2v) is 12.2. The fourth-order valence-electron chi connectivity index (χ4n) is 4.26. The second kappa shape index (κ2) is 12.6. The minimum Gasteiger partial charge on any atom is -0.495 e. The van der Waals surface area contributed by atoms with Crippen LogP contribution in [0.4, 0.5) is 5.69 Å². The van der Waals surface area contributed by atoms with E-state index in [2.05, 4.69) is 10.5 Å². The molecule has 1 amide bonds. The maximum Gasteiger partial charge on any atom is 0.264 e. The number of halogens is 3. The van der Waals surface area contributed by atoms with Gasteiger partial charge in [0.15, 0.2) is 0 Å². The summed E-state index contributed by atoms with van der Waals surface area (Å²) in [5.74, 6) is -0.288. The standard InChI is InChI=1S/C29H27Cl3N4O4S/c1-18-8-11-23(12-9-18)41(38,39)35(22-10-13-27(40-4)25(31)15-22)17-28(37)34-33-16-21-14-19(2)36(20(21)3)26-7-5-6-24(30)29(26)32/h5-16H,17H2,1-4H3,(H,34,37)/b33-16-. The average molecular weight is 634 g/mol. The van der Waals surface area contributed by atoms with Gasteiger partial charge in [0.1, 0.15) is 12.3 Å². The molecule has 0 saturated heterocycles. The maximum absolute atomic E-state index is 13.6. The van der Waals surface area contributed by atoms with Crippen LogP contribution in [0.3, 0.4) is 0 Å². The summed E-state index contributed by atoms with van der Waals surface area (Å²) < 4.78 is 35.3. The largest absolute Gasteiger partial charge is 0.495 e. The molecule has 8 nitrogen and oxygen atoms in total. The van der Waals surface area contributed by atoms with Crippen LogP contribution in [-0.2, 0) is 14.8 Å². The third kappa shape index (κ3) is 6.54. The van der Waals surface area contributed by atoms with Gasteiger partial charge in [-0.2, -0.15) is 5.10 Å². The number of amides is 1. The van der Waals surface area contributed by atoms with E-state index in [9.17, 15) is 13.2 Å². The smallest absolute Gasteiger partial charge is 0.264 e. The van der Waals surface area contributed by atoms with E-state index >= 15 is 0 Å². The molecule has 0 aliphatic heterocycles. The SMILES string of the molecule is COc1ccc(N(CC(=O)N/N=C\c2cc(C)n(-c3cccc(Cl)c3Cl)c2C)S(=O)(=O)c2ccc(C)cc2)cc1Cl. The number of nitrogens with zero attached hydrogens (tertiary/aromatic N) is 3. The Hall–Kier alpha value is -3.50. The lowest BCUT2D eigenvalue weighted by molar-refractivity contribution is -0.119. The Morgan fingerprint density at radius 1 is 1.00 bits per heavy atom. The van der Waals surface area contributed by atoms with E-state index in [-0.39, 0.29) is 15.6 Å². The molecule has 0 aliphatic carbocycles. The molecule has 0 fully saturated rings. The molecule has 3 aromatic carbocycles. The van der Waals surface area contributed by atoms with Gasteiger partial charge >= 0.3 is 0 Å². The number of carbonyl (C=O) groups is 1. The summed E-state index contributed by atoms with van der Waals surface area (Å²) in [6, 6.07) is 18.1. The van der Waals surface area contributed by atoms with Gasteiger partial charge in [-0.05, 0) is 69.3 Å². The first-order chi connectivity index (χ1) is 19.4. The third-order valence-corrected chi connectivity index (χ3v) is 9.25. The van der Waals surface area contributed by atoms with Gasteiger partial charge in [0.05, 0.1) is 44.7 Å². The predicted molar refractivity (Wildman–Crippen MR) is 165 cm³/mol. The van der Waals surface area contributed by atoms with Crippen molar-refractivity contribution >= 4 is 62.6 Å². The highest BCUT2D eigenvalue weighted by atomic mass is 35.5. The monoisotopic (exact) mass is 632 g/mol. The molecular weight excluding hydrogens is 607 g/mol. The van der Waals surface area contributed by atoms with Crippen molar-refractivity contribution in [3.63, 3.8) is 0 Å². The molecule has 4 aromatic rings. The number of hydrazone groups is 1. The molecule has 41 heavy (non-hydrogen) atoms. The fourth-order valence-corrected chi connectivity index (χ4v) is 6.30. The van der Waals surface area contributed by atoms with Crippen molar-refractivity contribution in [3.05, 3.63) is 104 Å². The van der Waals surface area contributed by atoms with Crippen molar-refractivity contribution in [3.8, 4) is 11.4 Å². The van der Waals surface area contributed by atoms with E-state index < -0.39 is 22.5 Å². The molecule has 0 unspecified atom stereocenters. The average Bonchev–Trinajstić information content (AvgIpc) is 3.21. The molecule has 0 aliphatic rings. The van der Waals surface area contributed by atoms with Crippen LogP contribution in [0.1, 0.15) is 22.5 Å². The van der Waals surface area contributed by atoms with Gasteiger partial charge in [-0.3, -0.25) is 9.10 Å². The van der Waals surface area contributed by atoms with Crippen LogP contribution < -0.4 is 14.5 Å². The van der Waals surface area contributed by atoms with Crippen molar-refractivity contribution in [2.75, 3.05) is 18.0 Å². The Kier molecular flexibility index (Phi) is 9.34. The van der Waals surface area contributed by atoms with Crippen LogP contribution in [-0.4, -0.2) is 38.8 Å². The lowest BCUT2D eigenvalue weighted by atomic mass is 10.2. The van der Waals surface area contributed by atoms with E-state index in [0.717, 1.165) is 26.8 Å². The first kappa shape index (κ1) is 30.5. The van der Waals surface area contributed by atoms with Gasteiger partial charge in [0, 0.05) is 17.0 Å². The second-order valence-electron chi connectivity index (χ2n) is 9.17. The predicted octanol–water partition coefficient (Wildman–Crippen LogP) is 6.72. The summed E-state index contributed by atoms with van der Waals surface area (Å²) in [5, 5.41) is 5.13. The van der Waals surface area contributed by atoms with Crippen molar-refractivity contribution in [1.82, 2.24) is 9.99 Å². The first-order valence-corrected chi connectivity index (χ1v) is 14.9. The number of rotatable bonds is 9. The van der Waals surface area contributed by atoms with Gasteiger partial charge in [0.2, 0.25) is 0 Å². The first-order valence-electron chi connectivity index (χ1n) is 12.3. The minimum atomic E-state index is -4.13. The highest BCUT2D eigenvalue weighted by Crippen LogP contribution is 2.33. The number of sulfonamides is 1. The number of benzene rings is 3. The summed E-state index contributed by atoms with van der Waals surface area (Å²) in [7, 11) is -2.68. The molecule has 0 atom stereocenters. The van der Waals surface area contributed by atoms with Gasteiger partial charge in [-0.15, -0.1) is 0 Å². The van der Waals surface area contributed by atoms with Crippen molar-refractivity contribution < 1.29 is 17.9 Å². The number of anilines is 1. The highest BCUT2D eigenvalue weighted by molar-refractivity contribution is 7.92. The van der Waals surface area contributed by atoms with Crippen LogP contribution >= 0.6 is 34.8 Å². The zero-order valence-corrected chi connectivity index (χ0v) is 25.7. The summed E-state index contributed by atoms with van der Waals surface area (Å²) in [4.78, 5) is 13.0. The Bertz CT molecular complexity index is 1740. The lowest BCUT2D eigenvalue weighted by Crippen LogP contribution is -2.39. The van der Waals surface area contributed by atoms with Crippen molar-refractivity contribution in [2.45, 2.75) is 25.7 Å². The van der Waals surface area contributed by atoms with E-state index in [1.54, 1.807) is 18.2 Å². The Balaban J connectivity index is 1.59. The molecular formula is C29H27Cl3N4O4S. The summed E-state index contributed by atoms with van der Waals surface area (Å²) >= 11 is 18.9. The van der Waals surface area contributed by atoms with Gasteiger partial charge in [-0.1, -0.05) is 58.6 Å². The molecule has 0 saturated carbocycles. The molecule has 0 bridgehead atoms. The summed E-state index contributed by atoms with van der Waals surface area (Å²) in [5.41, 5.74) is 6.66. The highest BCUT2D eigenvalue weighted by Gasteiger charge is 2.28. The maximum atomic E-state index is 13.6. The number of ether oxygens (including phenoxy) is 1. The lowest BCUT2D eigenvalue weighted by Gasteiger charge is -2.24. The molecule has 1 N–H and O–H groups in total. The molecule has 4 rings (SSSR count). The van der Waals surface area contributed by atoms with Gasteiger partial charge in [0.25, 0.3) is 15.9 Å². The van der Waals surface area contributed by atoms with Crippen molar-refractivity contribution in [1.29, 1.82) is 0 Å². The molecule has 214 valence electrons. The Morgan fingerprint density at radius 2 is 1.71 bits per heavy atom. The molecule has 0 spiro atoms. The topological polar surface area (TPSA) is 93.0 Å². The number of hydrogen-bond donors (Lipinski definition) is 1. The van der Waals surface area contributed by atoms with Crippen molar-refractivity contribution in [2.24, 2.45) is 5.10 Å². The van der Waals surface area contributed by atoms with Crippen LogP contribution in [0.2, 0.25) is 15.1 Å².